The second-order valence-corrected chi connectivity index (χ2v) is 6.99. The van der Waals surface area contributed by atoms with E-state index in [9.17, 15) is 18.8 Å². The minimum absolute atomic E-state index is 0.392. The number of nitrogens with one attached hydrogen (secondary N) is 1. The van der Waals surface area contributed by atoms with Crippen LogP contribution in [0.4, 0.5) is 14.9 Å². The smallest absolute Gasteiger partial charge is 0.411 e. The Labute approximate surface area is 151 Å². The zero-order valence-electron chi connectivity index (χ0n) is 15.1. The zero-order chi connectivity index (χ0) is 19.3. The number of ether oxygens (including phenoxy) is 2. The molecule has 2 rings (SSSR count). The van der Waals surface area contributed by atoms with E-state index in [-0.39, 0.29) is 0 Å². The lowest BCUT2D eigenvalue weighted by atomic mass is 10.2. The highest BCUT2D eigenvalue weighted by Gasteiger charge is 2.37. The van der Waals surface area contributed by atoms with Gasteiger partial charge in [0.25, 0.3) is 5.91 Å². The molecule has 8 heteroatoms. The van der Waals surface area contributed by atoms with Gasteiger partial charge >= 0.3 is 12.1 Å². The van der Waals surface area contributed by atoms with Crippen LogP contribution in [0.2, 0.25) is 0 Å². The third kappa shape index (κ3) is 5.72. The van der Waals surface area contributed by atoms with Crippen LogP contribution in [-0.2, 0) is 19.1 Å². The van der Waals surface area contributed by atoms with E-state index in [1.54, 1.807) is 20.8 Å². The van der Waals surface area contributed by atoms with Crippen LogP contribution in [0.15, 0.2) is 24.3 Å². The Hall–Kier alpha value is -2.64. The van der Waals surface area contributed by atoms with Crippen LogP contribution in [0.3, 0.4) is 0 Å². The molecule has 0 aromatic heterocycles. The van der Waals surface area contributed by atoms with Gasteiger partial charge in [-0.2, -0.15) is 0 Å². The van der Waals surface area contributed by atoms with Crippen molar-refractivity contribution in [2.75, 3.05) is 18.5 Å². The fraction of sp³-hybridized carbons (Fsp3) is 0.500. The monoisotopic (exact) mass is 366 g/mol. The van der Waals surface area contributed by atoms with E-state index in [0.717, 1.165) is 0 Å². The van der Waals surface area contributed by atoms with E-state index in [4.69, 9.17) is 9.47 Å². The Bertz CT molecular complexity index is 669. The maximum Gasteiger partial charge on any atom is 0.411 e. The predicted octanol–water partition coefficient (Wildman–Crippen LogP) is 2.71. The van der Waals surface area contributed by atoms with Crippen molar-refractivity contribution in [1.82, 2.24) is 4.90 Å². The summed E-state index contributed by atoms with van der Waals surface area (Å²) in [6.45, 7) is 5.14. The van der Waals surface area contributed by atoms with Crippen molar-refractivity contribution >= 4 is 23.7 Å². The van der Waals surface area contributed by atoms with Crippen molar-refractivity contribution in [3.63, 3.8) is 0 Å². The van der Waals surface area contributed by atoms with E-state index in [2.05, 4.69) is 5.32 Å². The summed E-state index contributed by atoms with van der Waals surface area (Å²) in [5.74, 6) is -1.62. The van der Waals surface area contributed by atoms with Crippen LogP contribution in [0.1, 0.15) is 33.6 Å². The molecule has 7 nitrogen and oxygen atoms in total. The molecule has 1 aliphatic rings. The number of hydrogen-bond donors (Lipinski definition) is 1. The number of rotatable bonds is 4. The highest BCUT2D eigenvalue weighted by molar-refractivity contribution is 5.93. The lowest BCUT2D eigenvalue weighted by Gasteiger charge is -2.27. The Morgan fingerprint density at radius 2 is 1.88 bits per heavy atom. The van der Waals surface area contributed by atoms with E-state index in [0.29, 0.717) is 25.1 Å². The van der Waals surface area contributed by atoms with Crippen LogP contribution in [0.5, 0.6) is 0 Å². The maximum absolute atomic E-state index is 12.8. The van der Waals surface area contributed by atoms with Crippen LogP contribution in [0, 0.1) is 5.82 Å². The molecule has 1 fully saturated rings. The van der Waals surface area contributed by atoms with E-state index in [1.807, 2.05) is 0 Å². The fourth-order valence-corrected chi connectivity index (χ4v) is 2.51. The third-order valence-corrected chi connectivity index (χ3v) is 3.63. The number of carbonyl (C=O) groups excluding carboxylic acids is 3. The molecule has 0 bridgehead atoms. The Kier molecular flexibility index (Phi) is 6.18. The maximum atomic E-state index is 12.8. The number of benzene rings is 1. The summed E-state index contributed by atoms with van der Waals surface area (Å²) in [7, 11) is 0. The molecule has 142 valence electrons. The van der Waals surface area contributed by atoms with Gasteiger partial charge in [-0.1, -0.05) is 0 Å². The second kappa shape index (κ2) is 8.16. The molecule has 1 saturated heterocycles. The molecule has 0 saturated carbocycles. The van der Waals surface area contributed by atoms with Crippen molar-refractivity contribution in [3.8, 4) is 0 Å². The number of nitrogens with zero attached hydrogens (tertiary/aromatic N) is 1. The summed E-state index contributed by atoms with van der Waals surface area (Å²) in [5.41, 5.74) is -0.271. The van der Waals surface area contributed by atoms with Gasteiger partial charge < -0.3 is 14.8 Å². The standard InChI is InChI=1S/C18H23FN2O5/c1-18(2,3)26-17(24)21-10-4-5-14(21)16(23)25-11-15(22)20-13-8-6-12(19)7-9-13/h6-9,14H,4-5,10-11H2,1-3H3,(H,20,22)/t14-/m0/s1. The lowest BCUT2D eigenvalue weighted by Crippen LogP contribution is -2.44. The molecule has 2 amide bonds. The first-order chi connectivity index (χ1) is 12.2. The quantitative estimate of drug-likeness (QED) is 0.828. The van der Waals surface area contributed by atoms with Crippen molar-refractivity contribution in [2.45, 2.75) is 45.3 Å². The number of likely N-dealkylation sites (tertiary alicyclic amines) is 1. The number of esters is 1. The van der Waals surface area contributed by atoms with Crippen molar-refractivity contribution < 1.29 is 28.2 Å². The van der Waals surface area contributed by atoms with E-state index < -0.39 is 42.0 Å². The molecule has 0 spiro atoms. The molecule has 26 heavy (non-hydrogen) atoms. The molecule has 1 N–H and O–H groups in total. The molecule has 0 radical (unpaired) electrons. The van der Waals surface area contributed by atoms with Gasteiger partial charge in [-0.3, -0.25) is 9.69 Å². The predicted molar refractivity (Wildman–Crippen MR) is 92.0 cm³/mol. The van der Waals surface area contributed by atoms with E-state index >= 15 is 0 Å². The van der Waals surface area contributed by atoms with Gasteiger partial charge in [0, 0.05) is 12.2 Å². The molecular formula is C18H23FN2O5. The minimum atomic E-state index is -0.761. The first-order valence-corrected chi connectivity index (χ1v) is 8.37. The van der Waals surface area contributed by atoms with Gasteiger partial charge in [-0.25, -0.2) is 14.0 Å². The first kappa shape index (κ1) is 19.7. The van der Waals surface area contributed by atoms with Gasteiger partial charge in [0.05, 0.1) is 0 Å². The summed E-state index contributed by atoms with van der Waals surface area (Å²) in [5, 5.41) is 2.49. The summed E-state index contributed by atoms with van der Waals surface area (Å²) in [6, 6.07) is 4.45. The molecule has 1 aromatic carbocycles. The van der Waals surface area contributed by atoms with Crippen LogP contribution < -0.4 is 5.32 Å². The molecule has 0 aliphatic carbocycles. The van der Waals surface area contributed by atoms with Gasteiger partial charge in [-0.15, -0.1) is 0 Å². The molecule has 1 aromatic rings. The lowest BCUT2D eigenvalue weighted by molar-refractivity contribution is -0.151. The second-order valence-electron chi connectivity index (χ2n) is 6.99. The summed E-state index contributed by atoms with van der Waals surface area (Å²) >= 11 is 0. The average Bonchev–Trinajstić information content (AvgIpc) is 3.03. The summed E-state index contributed by atoms with van der Waals surface area (Å²) < 4.78 is 23.1. The molecule has 1 aliphatic heterocycles. The Morgan fingerprint density at radius 3 is 2.50 bits per heavy atom. The number of halogens is 1. The highest BCUT2D eigenvalue weighted by Crippen LogP contribution is 2.21. The van der Waals surface area contributed by atoms with Crippen molar-refractivity contribution in [1.29, 1.82) is 0 Å². The fourth-order valence-electron chi connectivity index (χ4n) is 2.51. The van der Waals surface area contributed by atoms with Crippen LogP contribution >= 0.6 is 0 Å². The third-order valence-electron chi connectivity index (χ3n) is 3.63. The van der Waals surface area contributed by atoms with Crippen LogP contribution in [-0.4, -0.2) is 47.7 Å². The van der Waals surface area contributed by atoms with E-state index in [1.165, 1.54) is 29.2 Å². The molecule has 0 unspecified atom stereocenters. The SMILES string of the molecule is CC(C)(C)OC(=O)N1CCC[C@H]1C(=O)OCC(=O)Nc1ccc(F)cc1. The number of carbonyl (C=O) groups is 3. The summed E-state index contributed by atoms with van der Waals surface area (Å²) in [6.07, 6.45) is 0.533. The van der Waals surface area contributed by atoms with Crippen molar-refractivity contribution in [3.05, 3.63) is 30.1 Å². The number of anilines is 1. The minimum Gasteiger partial charge on any atom is -0.454 e. The van der Waals surface area contributed by atoms with Gasteiger partial charge in [-0.05, 0) is 57.9 Å². The largest absolute Gasteiger partial charge is 0.454 e. The van der Waals surface area contributed by atoms with Gasteiger partial charge in [0.15, 0.2) is 6.61 Å². The van der Waals surface area contributed by atoms with Gasteiger partial charge in [0.1, 0.15) is 17.5 Å². The number of hydrogen-bond acceptors (Lipinski definition) is 5. The van der Waals surface area contributed by atoms with Crippen LogP contribution in [0.25, 0.3) is 0 Å². The zero-order valence-corrected chi connectivity index (χ0v) is 15.1. The van der Waals surface area contributed by atoms with Crippen molar-refractivity contribution in [2.24, 2.45) is 0 Å². The Balaban J connectivity index is 1.85. The first-order valence-electron chi connectivity index (χ1n) is 8.37. The average molecular weight is 366 g/mol. The molecule has 1 atom stereocenters. The Morgan fingerprint density at radius 1 is 1.23 bits per heavy atom. The van der Waals surface area contributed by atoms with Gasteiger partial charge in [0.2, 0.25) is 0 Å². The normalized spacial score (nSPS) is 16.9. The molecule has 1 heterocycles. The highest BCUT2D eigenvalue weighted by atomic mass is 19.1. The topological polar surface area (TPSA) is 84.9 Å². The summed E-state index contributed by atoms with van der Waals surface area (Å²) in [4.78, 5) is 37.6. The number of amides is 2. The molecular weight excluding hydrogens is 343 g/mol.